The summed E-state index contributed by atoms with van der Waals surface area (Å²) in [6, 6.07) is 69.0. The summed E-state index contributed by atoms with van der Waals surface area (Å²) in [6.07, 6.45) is 0. The van der Waals surface area contributed by atoms with E-state index in [4.69, 9.17) is 0 Å². The fraction of sp³-hybridized carbons (Fsp3) is 0. The second kappa shape index (κ2) is 10.3. The van der Waals surface area contributed by atoms with Gasteiger partial charge in [-0.15, -0.1) is 0 Å². The van der Waals surface area contributed by atoms with Crippen LogP contribution in [0.4, 0.5) is 0 Å². The Balaban J connectivity index is 1.07. The summed E-state index contributed by atoms with van der Waals surface area (Å²) in [4.78, 5) is 0. The largest absolute Gasteiger partial charge is 0.0616 e. The van der Waals surface area contributed by atoms with Gasteiger partial charge in [-0.05, 0) is 202 Å². The molecule has 0 saturated carbocycles. The molecule has 0 aliphatic carbocycles. The van der Waals surface area contributed by atoms with Gasteiger partial charge in [0.1, 0.15) is 0 Å². The third kappa shape index (κ3) is 3.97. The molecular weight excluding hydrogens is 649 g/mol. The normalized spacial score (nSPS) is 12.4. The number of benzene rings is 13. The topological polar surface area (TPSA) is 0 Å². The number of rotatable bonds is 0. The van der Waals surface area contributed by atoms with Gasteiger partial charge in [-0.2, -0.15) is 0 Å². The lowest BCUT2D eigenvalue weighted by Crippen LogP contribution is -1.86. The quantitative estimate of drug-likeness (QED) is 0.111. The molecule has 13 rings (SSSR count). The van der Waals surface area contributed by atoms with Gasteiger partial charge in [-0.3, -0.25) is 0 Å². The molecule has 0 aliphatic rings. The number of fused-ring (bicyclic) bond motifs is 17. The molecule has 0 spiro atoms. The molecule has 0 aromatic heterocycles. The van der Waals surface area contributed by atoms with Crippen molar-refractivity contribution in [2.24, 2.45) is 0 Å². The minimum Gasteiger partial charge on any atom is -0.0616 e. The van der Waals surface area contributed by atoms with Gasteiger partial charge in [0.15, 0.2) is 0 Å². The molecule has 0 bridgehead atoms. The second-order valence-corrected chi connectivity index (χ2v) is 15.3. The molecule has 0 saturated heterocycles. The van der Waals surface area contributed by atoms with Crippen molar-refractivity contribution in [3.05, 3.63) is 182 Å². The summed E-state index contributed by atoms with van der Waals surface area (Å²) in [5, 5.41) is 31.0. The van der Waals surface area contributed by atoms with Gasteiger partial charge in [-0.25, -0.2) is 0 Å². The predicted molar refractivity (Wildman–Crippen MR) is 237 cm³/mol. The zero-order valence-corrected chi connectivity index (χ0v) is 29.3. The van der Waals surface area contributed by atoms with Gasteiger partial charge < -0.3 is 0 Å². The molecule has 0 radical (unpaired) electrons. The average molecular weight is 679 g/mol. The highest BCUT2D eigenvalue weighted by Crippen LogP contribution is 2.40. The summed E-state index contributed by atoms with van der Waals surface area (Å²) in [7, 11) is 0. The van der Waals surface area contributed by atoms with E-state index in [1.807, 2.05) is 0 Å². The van der Waals surface area contributed by atoms with Crippen LogP contribution in [-0.2, 0) is 0 Å². The first-order valence-electron chi connectivity index (χ1n) is 18.9. The van der Waals surface area contributed by atoms with Crippen molar-refractivity contribution >= 4 is 129 Å². The van der Waals surface area contributed by atoms with Crippen LogP contribution in [0.1, 0.15) is 0 Å². The molecule has 0 N–H and O–H groups in total. The summed E-state index contributed by atoms with van der Waals surface area (Å²) in [6.45, 7) is 0. The Hall–Kier alpha value is -7.02. The van der Waals surface area contributed by atoms with Crippen molar-refractivity contribution in [3.63, 3.8) is 0 Å². The van der Waals surface area contributed by atoms with E-state index >= 15 is 0 Å². The molecule has 13 aromatic rings. The highest BCUT2D eigenvalue weighted by molar-refractivity contribution is 6.24. The van der Waals surface area contributed by atoms with E-state index in [2.05, 4.69) is 182 Å². The predicted octanol–water partition coefficient (Wildman–Crippen LogP) is 15.5. The van der Waals surface area contributed by atoms with Crippen molar-refractivity contribution in [2.45, 2.75) is 0 Å². The molecule has 0 nitrogen and oxygen atoms in total. The molecule has 54 heavy (non-hydrogen) atoms. The Labute approximate surface area is 310 Å². The third-order valence-electron chi connectivity index (χ3n) is 12.4. The van der Waals surface area contributed by atoms with Crippen molar-refractivity contribution < 1.29 is 0 Å². The van der Waals surface area contributed by atoms with Crippen molar-refractivity contribution in [2.75, 3.05) is 0 Å². The first kappa shape index (κ1) is 28.6. The van der Waals surface area contributed by atoms with Crippen LogP contribution in [0.15, 0.2) is 182 Å². The van der Waals surface area contributed by atoms with Crippen LogP contribution in [0.25, 0.3) is 129 Å². The molecule has 13 aromatic carbocycles. The molecular formula is C54H30. The number of hydrogen-bond acceptors (Lipinski definition) is 0. The Kier molecular flexibility index (Phi) is 5.45. The zero-order chi connectivity index (χ0) is 35.1. The molecule has 0 heteroatoms. The maximum atomic E-state index is 2.46. The summed E-state index contributed by atoms with van der Waals surface area (Å²) < 4.78 is 0. The SMILES string of the molecule is c1ccc2c(c1)ccc1cc3cc4cc5ccc6cc7ccc8cc9ccc%10cc%11ccc%12ccccc%12c%11cc%10c9cc8c7cc6c5cc4cc3cc12. The van der Waals surface area contributed by atoms with E-state index in [1.165, 1.54) is 129 Å². The minimum atomic E-state index is 1.27. The lowest BCUT2D eigenvalue weighted by molar-refractivity contribution is 1.79. The Morgan fingerprint density at radius 3 is 0.722 bits per heavy atom. The van der Waals surface area contributed by atoms with E-state index in [1.54, 1.807) is 0 Å². The maximum absolute atomic E-state index is 2.46. The van der Waals surface area contributed by atoms with Crippen molar-refractivity contribution in [1.29, 1.82) is 0 Å². The molecule has 0 fully saturated rings. The molecule has 0 atom stereocenters. The minimum absolute atomic E-state index is 1.27. The first-order chi connectivity index (χ1) is 26.7. The van der Waals surface area contributed by atoms with Crippen molar-refractivity contribution in [1.82, 2.24) is 0 Å². The van der Waals surface area contributed by atoms with Gasteiger partial charge in [0.25, 0.3) is 0 Å². The zero-order valence-electron chi connectivity index (χ0n) is 29.3. The molecule has 0 amide bonds. The van der Waals surface area contributed by atoms with Crippen LogP contribution < -0.4 is 0 Å². The van der Waals surface area contributed by atoms with Gasteiger partial charge >= 0.3 is 0 Å². The van der Waals surface area contributed by atoms with Crippen LogP contribution in [-0.4, -0.2) is 0 Å². The van der Waals surface area contributed by atoms with Gasteiger partial charge in [0.05, 0.1) is 0 Å². The van der Waals surface area contributed by atoms with E-state index in [9.17, 15) is 0 Å². The van der Waals surface area contributed by atoms with Gasteiger partial charge in [0, 0.05) is 0 Å². The molecule has 0 aliphatic heterocycles. The first-order valence-corrected chi connectivity index (χ1v) is 18.9. The van der Waals surface area contributed by atoms with Crippen LogP contribution in [0.2, 0.25) is 0 Å². The third-order valence-corrected chi connectivity index (χ3v) is 12.4. The Morgan fingerprint density at radius 1 is 0.130 bits per heavy atom. The van der Waals surface area contributed by atoms with Crippen LogP contribution in [0.5, 0.6) is 0 Å². The van der Waals surface area contributed by atoms with Crippen LogP contribution in [0, 0.1) is 0 Å². The molecule has 246 valence electrons. The van der Waals surface area contributed by atoms with Gasteiger partial charge in [-0.1, -0.05) is 109 Å². The lowest BCUT2D eigenvalue weighted by atomic mass is 9.91. The van der Waals surface area contributed by atoms with E-state index < -0.39 is 0 Å². The summed E-state index contributed by atoms with van der Waals surface area (Å²) in [5.74, 6) is 0. The molecule has 0 unspecified atom stereocenters. The fourth-order valence-corrected chi connectivity index (χ4v) is 9.68. The lowest BCUT2D eigenvalue weighted by Gasteiger charge is -2.13. The van der Waals surface area contributed by atoms with Gasteiger partial charge in [0.2, 0.25) is 0 Å². The standard InChI is InChI=1S/C54H30/c1-3-7-45-31(5-1)10-12-39-22-41-24-42-23-40-18-17-34-20-36-15-16-38-21-37-14-13-35-19-33-11-9-32-6-2-4-8-46(32)49(33)28-51(35)53(37)30-54(38)52(36)29-50(34)48(40)27-44(42)25-43(41)26-47(39)45/h1-30H. The smallest absolute Gasteiger partial charge is 0.00986 e. The monoisotopic (exact) mass is 678 g/mol. The summed E-state index contributed by atoms with van der Waals surface area (Å²) in [5.41, 5.74) is 0. The van der Waals surface area contributed by atoms with Crippen LogP contribution in [0.3, 0.4) is 0 Å². The maximum Gasteiger partial charge on any atom is -0.00986 e. The average Bonchev–Trinajstić information content (AvgIpc) is 3.22. The fourth-order valence-electron chi connectivity index (χ4n) is 9.68. The highest BCUT2D eigenvalue weighted by atomic mass is 14.2. The second-order valence-electron chi connectivity index (χ2n) is 15.3. The van der Waals surface area contributed by atoms with E-state index in [0.29, 0.717) is 0 Å². The molecule has 0 heterocycles. The van der Waals surface area contributed by atoms with Crippen molar-refractivity contribution in [3.8, 4) is 0 Å². The summed E-state index contributed by atoms with van der Waals surface area (Å²) >= 11 is 0. The highest BCUT2D eigenvalue weighted by Gasteiger charge is 2.12. The Morgan fingerprint density at radius 2 is 0.352 bits per heavy atom. The van der Waals surface area contributed by atoms with E-state index in [0.717, 1.165) is 0 Å². The van der Waals surface area contributed by atoms with E-state index in [-0.39, 0.29) is 0 Å². The Bertz CT molecular complexity index is 3830. The van der Waals surface area contributed by atoms with Crippen LogP contribution >= 0.6 is 0 Å². The number of hydrogen-bond donors (Lipinski definition) is 0.